The summed E-state index contributed by atoms with van der Waals surface area (Å²) in [5.41, 5.74) is -0.626. The van der Waals surface area contributed by atoms with E-state index in [0.717, 1.165) is 6.07 Å². The molecule has 0 atom stereocenters. The van der Waals surface area contributed by atoms with Crippen LogP contribution < -0.4 is 0 Å². The Morgan fingerprint density at radius 2 is 1.92 bits per heavy atom. The van der Waals surface area contributed by atoms with Crippen molar-refractivity contribution in [1.29, 1.82) is 0 Å². The van der Waals surface area contributed by atoms with Gasteiger partial charge in [-0.3, -0.25) is 0 Å². The van der Waals surface area contributed by atoms with Crippen molar-refractivity contribution in [2.75, 3.05) is 6.26 Å². The molecule has 0 radical (unpaired) electrons. The van der Waals surface area contributed by atoms with Gasteiger partial charge in [-0.2, -0.15) is 13.2 Å². The van der Waals surface area contributed by atoms with Crippen molar-refractivity contribution in [2.24, 2.45) is 0 Å². The number of hydrogen-bond acceptors (Lipinski definition) is 1. The first kappa shape index (κ1) is 10.9. The van der Waals surface area contributed by atoms with Crippen LogP contribution in [-0.2, 0) is 6.18 Å². The minimum absolute atomic E-state index is 0.0813. The number of thioether (sulfide) groups is 1. The van der Waals surface area contributed by atoms with Crippen LogP contribution in [0.3, 0.4) is 0 Å². The summed E-state index contributed by atoms with van der Waals surface area (Å²) in [6.45, 7) is 0. The minimum Gasteiger partial charge on any atom is -0.166 e. The van der Waals surface area contributed by atoms with Gasteiger partial charge in [0.25, 0.3) is 0 Å². The van der Waals surface area contributed by atoms with E-state index in [-0.39, 0.29) is 4.47 Å². The second-order valence-electron chi connectivity index (χ2n) is 2.34. The number of rotatable bonds is 1. The van der Waals surface area contributed by atoms with Crippen molar-refractivity contribution in [2.45, 2.75) is 11.1 Å². The van der Waals surface area contributed by atoms with Crippen LogP contribution in [0.25, 0.3) is 0 Å². The van der Waals surface area contributed by atoms with E-state index in [9.17, 15) is 13.2 Å². The second kappa shape index (κ2) is 3.92. The van der Waals surface area contributed by atoms with Crippen molar-refractivity contribution in [1.82, 2.24) is 0 Å². The fourth-order valence-electron chi connectivity index (χ4n) is 0.849. The molecule has 0 aliphatic rings. The lowest BCUT2D eigenvalue weighted by Crippen LogP contribution is -2.05. The molecule has 0 fully saturated rings. The Balaban J connectivity index is 3.19. The number of benzene rings is 1. The molecule has 1 rings (SSSR count). The molecule has 1 aromatic carbocycles. The van der Waals surface area contributed by atoms with Gasteiger partial charge in [-0.15, -0.1) is 11.8 Å². The van der Waals surface area contributed by atoms with Gasteiger partial charge in [-0.25, -0.2) is 0 Å². The molecule has 0 aliphatic heterocycles. The molecule has 0 heterocycles. The highest BCUT2D eigenvalue weighted by atomic mass is 79.9. The van der Waals surface area contributed by atoms with Crippen LogP contribution in [0.15, 0.2) is 27.6 Å². The largest absolute Gasteiger partial charge is 0.417 e. The van der Waals surface area contributed by atoms with E-state index in [1.807, 2.05) is 0 Å². The fourth-order valence-corrected chi connectivity index (χ4v) is 1.76. The summed E-state index contributed by atoms with van der Waals surface area (Å²) in [4.78, 5) is 0.607. The van der Waals surface area contributed by atoms with Gasteiger partial charge < -0.3 is 0 Å². The Morgan fingerprint density at radius 1 is 1.31 bits per heavy atom. The molecule has 0 saturated carbocycles. The van der Waals surface area contributed by atoms with E-state index in [2.05, 4.69) is 15.9 Å². The molecule has 1 aromatic rings. The van der Waals surface area contributed by atoms with Gasteiger partial charge in [0.2, 0.25) is 0 Å². The molecule has 72 valence electrons. The molecule has 0 spiro atoms. The molecule has 0 saturated heterocycles. The molecule has 0 aliphatic carbocycles. The summed E-state index contributed by atoms with van der Waals surface area (Å²) in [7, 11) is 0. The van der Waals surface area contributed by atoms with Gasteiger partial charge in [-0.1, -0.05) is 15.9 Å². The van der Waals surface area contributed by atoms with Gasteiger partial charge in [0.15, 0.2) is 0 Å². The Morgan fingerprint density at radius 3 is 2.38 bits per heavy atom. The Hall–Kier alpha value is -0.160. The predicted molar refractivity (Wildman–Crippen MR) is 50.9 cm³/mol. The van der Waals surface area contributed by atoms with E-state index in [0.29, 0.717) is 4.90 Å². The smallest absolute Gasteiger partial charge is 0.166 e. The molecule has 13 heavy (non-hydrogen) atoms. The lowest BCUT2D eigenvalue weighted by molar-refractivity contribution is -0.138. The molecule has 0 amide bonds. The molecular formula is C8H6BrF3S. The van der Waals surface area contributed by atoms with E-state index < -0.39 is 11.7 Å². The molecule has 0 nitrogen and oxygen atoms in total. The second-order valence-corrected chi connectivity index (χ2v) is 4.08. The molecule has 0 unspecified atom stereocenters. The van der Waals surface area contributed by atoms with Gasteiger partial charge in [0, 0.05) is 9.37 Å². The summed E-state index contributed by atoms with van der Waals surface area (Å²) in [6.07, 6.45) is -2.55. The highest BCUT2D eigenvalue weighted by Crippen LogP contribution is 2.36. The molecule has 0 bridgehead atoms. The summed E-state index contributed by atoms with van der Waals surface area (Å²) in [5.74, 6) is 0. The third-order valence-corrected chi connectivity index (χ3v) is 2.90. The highest BCUT2D eigenvalue weighted by molar-refractivity contribution is 9.10. The topological polar surface area (TPSA) is 0 Å². The minimum atomic E-state index is -4.29. The fraction of sp³-hybridized carbons (Fsp3) is 0.250. The highest BCUT2D eigenvalue weighted by Gasteiger charge is 2.32. The number of hydrogen-bond donors (Lipinski definition) is 0. The number of alkyl halides is 3. The maximum atomic E-state index is 12.3. The Labute approximate surface area is 86.6 Å². The standard InChI is InChI=1S/C8H6BrF3S/c1-13-5-2-3-7(9)6(4-5)8(10,11)12/h2-4H,1H3. The first-order valence-corrected chi connectivity index (χ1v) is 5.37. The molecule has 0 aromatic heterocycles. The van der Waals surface area contributed by atoms with Crippen LogP contribution in [-0.4, -0.2) is 6.26 Å². The van der Waals surface area contributed by atoms with Crippen LogP contribution in [0, 0.1) is 0 Å². The average molecular weight is 271 g/mol. The summed E-state index contributed by atoms with van der Waals surface area (Å²) in [6, 6.07) is 4.19. The maximum Gasteiger partial charge on any atom is 0.417 e. The maximum absolute atomic E-state index is 12.3. The zero-order chi connectivity index (χ0) is 10.1. The van der Waals surface area contributed by atoms with Gasteiger partial charge in [0.05, 0.1) is 5.56 Å². The van der Waals surface area contributed by atoms with Crippen molar-refractivity contribution in [3.8, 4) is 0 Å². The van der Waals surface area contributed by atoms with Crippen molar-refractivity contribution >= 4 is 27.7 Å². The zero-order valence-electron chi connectivity index (χ0n) is 6.65. The Bertz CT molecular complexity index is 309. The van der Waals surface area contributed by atoms with Gasteiger partial charge in [0.1, 0.15) is 0 Å². The van der Waals surface area contributed by atoms with Crippen LogP contribution in [0.4, 0.5) is 13.2 Å². The molecule has 5 heteroatoms. The van der Waals surface area contributed by atoms with Crippen LogP contribution in [0.1, 0.15) is 5.56 Å². The number of halogens is 4. The molecular weight excluding hydrogens is 265 g/mol. The summed E-state index contributed by atoms with van der Waals surface area (Å²) in [5, 5.41) is 0. The van der Waals surface area contributed by atoms with E-state index in [4.69, 9.17) is 0 Å². The van der Waals surface area contributed by atoms with Crippen molar-refractivity contribution in [3.63, 3.8) is 0 Å². The third kappa shape index (κ3) is 2.64. The summed E-state index contributed by atoms with van der Waals surface area (Å²) >= 11 is 4.15. The first-order chi connectivity index (χ1) is 5.95. The molecule has 0 N–H and O–H groups in total. The van der Waals surface area contributed by atoms with Crippen LogP contribution >= 0.6 is 27.7 Å². The normalized spacial score (nSPS) is 11.8. The third-order valence-electron chi connectivity index (χ3n) is 1.48. The summed E-state index contributed by atoms with van der Waals surface area (Å²) < 4.78 is 37.1. The quantitative estimate of drug-likeness (QED) is 0.690. The lowest BCUT2D eigenvalue weighted by atomic mass is 10.2. The Kier molecular flexibility index (Phi) is 3.29. The lowest BCUT2D eigenvalue weighted by Gasteiger charge is -2.09. The van der Waals surface area contributed by atoms with Gasteiger partial charge in [-0.05, 0) is 24.5 Å². The van der Waals surface area contributed by atoms with Crippen molar-refractivity contribution < 1.29 is 13.2 Å². The predicted octanol–water partition coefficient (Wildman–Crippen LogP) is 4.19. The first-order valence-electron chi connectivity index (χ1n) is 3.36. The van der Waals surface area contributed by atoms with E-state index in [1.165, 1.54) is 17.8 Å². The van der Waals surface area contributed by atoms with Crippen molar-refractivity contribution in [3.05, 3.63) is 28.2 Å². The van der Waals surface area contributed by atoms with E-state index >= 15 is 0 Å². The van der Waals surface area contributed by atoms with E-state index in [1.54, 1.807) is 12.3 Å². The monoisotopic (exact) mass is 270 g/mol. The van der Waals surface area contributed by atoms with Crippen LogP contribution in [0.5, 0.6) is 0 Å². The van der Waals surface area contributed by atoms with Crippen LogP contribution in [0.2, 0.25) is 0 Å². The SMILES string of the molecule is CSc1ccc(Br)c(C(F)(F)F)c1. The average Bonchev–Trinajstić information content (AvgIpc) is 2.03. The zero-order valence-corrected chi connectivity index (χ0v) is 9.05. The van der Waals surface area contributed by atoms with Gasteiger partial charge >= 0.3 is 6.18 Å².